The van der Waals surface area contributed by atoms with Gasteiger partial charge < -0.3 is 15.4 Å². The molecule has 6 heteroatoms. The lowest BCUT2D eigenvalue weighted by molar-refractivity contribution is 0.0525. The number of aromatic nitrogens is 1. The minimum atomic E-state index is -0.458. The molecule has 0 fully saturated rings. The third kappa shape index (κ3) is 4.06. The summed E-state index contributed by atoms with van der Waals surface area (Å²) >= 11 is 0. The van der Waals surface area contributed by atoms with Crippen LogP contribution in [0.15, 0.2) is 48.5 Å². The third-order valence-electron chi connectivity index (χ3n) is 4.19. The van der Waals surface area contributed by atoms with E-state index < -0.39 is 12.0 Å². The molecule has 3 rings (SSSR count). The van der Waals surface area contributed by atoms with Crippen LogP contribution < -0.4 is 10.6 Å². The Balaban J connectivity index is 1.83. The van der Waals surface area contributed by atoms with Crippen LogP contribution in [0.3, 0.4) is 0 Å². The Morgan fingerprint density at radius 2 is 1.67 bits per heavy atom. The van der Waals surface area contributed by atoms with Gasteiger partial charge in [-0.2, -0.15) is 0 Å². The van der Waals surface area contributed by atoms with Crippen LogP contribution in [0.5, 0.6) is 0 Å². The zero-order chi connectivity index (χ0) is 19.4. The van der Waals surface area contributed by atoms with Crippen LogP contribution in [0.1, 0.15) is 28.7 Å². The Hall–Kier alpha value is -3.41. The van der Waals surface area contributed by atoms with Crippen molar-refractivity contribution >= 4 is 34.1 Å². The maximum absolute atomic E-state index is 12.5. The van der Waals surface area contributed by atoms with Gasteiger partial charge in [-0.05, 0) is 38.3 Å². The first-order valence-corrected chi connectivity index (χ1v) is 8.70. The minimum Gasteiger partial charge on any atom is -0.462 e. The van der Waals surface area contributed by atoms with E-state index in [9.17, 15) is 9.59 Å². The molecule has 138 valence electrons. The molecule has 6 nitrogen and oxygen atoms in total. The van der Waals surface area contributed by atoms with Crippen LogP contribution >= 0.6 is 0 Å². The lowest BCUT2D eigenvalue weighted by Gasteiger charge is -2.13. The number of fused-ring (bicyclic) bond motifs is 1. The predicted molar refractivity (Wildman–Crippen MR) is 106 cm³/mol. The fraction of sp³-hybridized carbons (Fsp3) is 0.190. The summed E-state index contributed by atoms with van der Waals surface area (Å²) in [6.45, 7) is 5.52. The third-order valence-corrected chi connectivity index (χ3v) is 4.19. The molecule has 0 radical (unpaired) electrons. The molecular formula is C21H21N3O3. The zero-order valence-corrected chi connectivity index (χ0v) is 15.5. The highest BCUT2D eigenvalue weighted by molar-refractivity contribution is 6.06. The number of aryl methyl sites for hydroxylation is 2. The van der Waals surface area contributed by atoms with Crippen LogP contribution in [-0.4, -0.2) is 23.6 Å². The van der Waals surface area contributed by atoms with Crippen molar-refractivity contribution in [3.8, 4) is 0 Å². The van der Waals surface area contributed by atoms with Gasteiger partial charge in [0.25, 0.3) is 0 Å². The summed E-state index contributed by atoms with van der Waals surface area (Å²) in [4.78, 5) is 28.9. The van der Waals surface area contributed by atoms with Gasteiger partial charge in [-0.15, -0.1) is 0 Å². The molecule has 0 saturated carbocycles. The van der Waals surface area contributed by atoms with E-state index in [1.165, 1.54) is 0 Å². The van der Waals surface area contributed by atoms with Gasteiger partial charge in [0, 0.05) is 5.39 Å². The average Bonchev–Trinajstić information content (AvgIpc) is 2.64. The van der Waals surface area contributed by atoms with Gasteiger partial charge >= 0.3 is 12.0 Å². The van der Waals surface area contributed by atoms with Crippen molar-refractivity contribution in [2.75, 3.05) is 17.2 Å². The fourth-order valence-corrected chi connectivity index (χ4v) is 2.88. The number of rotatable bonds is 4. The maximum atomic E-state index is 12.5. The standard InChI is InChI=1S/C21H21N3O3/c1-4-27-20(25)17-12-19(14(3)22-13(17)2)24-21(26)23-18-11-7-9-15-8-5-6-10-16(15)18/h5-12H,4H2,1-3H3,(H2,23,24,26). The molecule has 0 bridgehead atoms. The highest BCUT2D eigenvalue weighted by Gasteiger charge is 2.16. The number of hydrogen-bond donors (Lipinski definition) is 2. The Kier molecular flexibility index (Phi) is 5.35. The molecular weight excluding hydrogens is 342 g/mol. The number of anilines is 2. The first-order valence-electron chi connectivity index (χ1n) is 8.70. The molecule has 2 N–H and O–H groups in total. The predicted octanol–water partition coefficient (Wildman–Crippen LogP) is 4.67. The maximum Gasteiger partial charge on any atom is 0.340 e. The fourth-order valence-electron chi connectivity index (χ4n) is 2.88. The summed E-state index contributed by atoms with van der Waals surface area (Å²) in [5, 5.41) is 7.60. The number of nitrogens with one attached hydrogen (secondary N) is 2. The Bertz CT molecular complexity index is 1010. The summed E-state index contributed by atoms with van der Waals surface area (Å²) in [6, 6.07) is 14.7. The van der Waals surface area contributed by atoms with Crippen molar-refractivity contribution in [3.63, 3.8) is 0 Å². The highest BCUT2D eigenvalue weighted by atomic mass is 16.5. The molecule has 0 spiro atoms. The lowest BCUT2D eigenvalue weighted by Crippen LogP contribution is -2.21. The largest absolute Gasteiger partial charge is 0.462 e. The monoisotopic (exact) mass is 363 g/mol. The van der Waals surface area contributed by atoms with Gasteiger partial charge in [0.15, 0.2) is 0 Å². The van der Waals surface area contributed by atoms with Gasteiger partial charge in [0.2, 0.25) is 0 Å². The molecule has 0 unspecified atom stereocenters. The molecule has 2 amide bonds. The van der Waals surface area contributed by atoms with Gasteiger partial charge in [-0.3, -0.25) is 4.98 Å². The zero-order valence-electron chi connectivity index (χ0n) is 15.5. The summed E-state index contributed by atoms with van der Waals surface area (Å²) in [7, 11) is 0. The quantitative estimate of drug-likeness (QED) is 0.660. The SMILES string of the molecule is CCOC(=O)c1cc(NC(=O)Nc2cccc3ccccc23)c(C)nc1C. The molecule has 0 atom stereocenters. The van der Waals surface area contributed by atoms with E-state index in [1.807, 2.05) is 42.5 Å². The number of amides is 2. The van der Waals surface area contributed by atoms with E-state index in [0.717, 1.165) is 10.8 Å². The molecule has 1 heterocycles. The Labute approximate surface area is 157 Å². The van der Waals surface area contributed by atoms with Crippen LogP contribution in [0.2, 0.25) is 0 Å². The number of esters is 1. The Morgan fingerprint density at radius 3 is 2.44 bits per heavy atom. The summed E-state index contributed by atoms with van der Waals surface area (Å²) < 4.78 is 5.05. The summed E-state index contributed by atoms with van der Waals surface area (Å²) in [6.07, 6.45) is 0. The number of benzene rings is 2. The molecule has 0 aliphatic heterocycles. The molecule has 1 aromatic heterocycles. The van der Waals surface area contributed by atoms with E-state index in [-0.39, 0.29) is 6.61 Å². The van der Waals surface area contributed by atoms with Crippen molar-refractivity contribution in [2.45, 2.75) is 20.8 Å². The molecule has 3 aromatic rings. The van der Waals surface area contributed by atoms with Gasteiger partial charge in [0.05, 0.1) is 34.9 Å². The van der Waals surface area contributed by atoms with E-state index in [1.54, 1.807) is 26.8 Å². The number of ether oxygens (including phenoxy) is 1. The first kappa shape index (κ1) is 18.4. The normalized spacial score (nSPS) is 10.5. The smallest absolute Gasteiger partial charge is 0.340 e. The van der Waals surface area contributed by atoms with Crippen LogP contribution in [0.25, 0.3) is 10.8 Å². The van der Waals surface area contributed by atoms with Crippen LogP contribution in [0, 0.1) is 13.8 Å². The second kappa shape index (κ2) is 7.86. The molecule has 0 aliphatic carbocycles. The summed E-state index contributed by atoms with van der Waals surface area (Å²) in [5.74, 6) is -0.458. The Morgan fingerprint density at radius 1 is 0.963 bits per heavy atom. The van der Waals surface area contributed by atoms with Crippen LogP contribution in [-0.2, 0) is 4.74 Å². The van der Waals surface area contributed by atoms with Crippen molar-refractivity contribution in [1.82, 2.24) is 4.98 Å². The van der Waals surface area contributed by atoms with E-state index in [4.69, 9.17) is 4.74 Å². The highest BCUT2D eigenvalue weighted by Crippen LogP contribution is 2.24. The number of carbonyl (C=O) groups excluding carboxylic acids is 2. The minimum absolute atomic E-state index is 0.274. The van der Waals surface area contributed by atoms with Crippen molar-refractivity contribution in [3.05, 3.63) is 65.5 Å². The van der Waals surface area contributed by atoms with Gasteiger partial charge in [0.1, 0.15) is 0 Å². The van der Waals surface area contributed by atoms with E-state index >= 15 is 0 Å². The molecule has 27 heavy (non-hydrogen) atoms. The van der Waals surface area contributed by atoms with Crippen LogP contribution in [0.4, 0.5) is 16.2 Å². The van der Waals surface area contributed by atoms with Crippen molar-refractivity contribution in [2.24, 2.45) is 0 Å². The second-order valence-electron chi connectivity index (χ2n) is 6.08. The number of urea groups is 1. The number of pyridine rings is 1. The van der Waals surface area contributed by atoms with E-state index in [2.05, 4.69) is 15.6 Å². The topological polar surface area (TPSA) is 80.3 Å². The van der Waals surface area contributed by atoms with Gasteiger partial charge in [-0.1, -0.05) is 36.4 Å². The summed E-state index contributed by atoms with van der Waals surface area (Å²) in [5.41, 5.74) is 2.68. The first-order chi connectivity index (χ1) is 13.0. The lowest BCUT2D eigenvalue weighted by atomic mass is 10.1. The number of carbonyl (C=O) groups is 2. The average molecular weight is 363 g/mol. The number of hydrogen-bond acceptors (Lipinski definition) is 4. The van der Waals surface area contributed by atoms with Gasteiger partial charge in [-0.25, -0.2) is 9.59 Å². The second-order valence-corrected chi connectivity index (χ2v) is 6.08. The molecule has 0 saturated heterocycles. The van der Waals surface area contributed by atoms with Crippen molar-refractivity contribution in [1.29, 1.82) is 0 Å². The molecule has 0 aliphatic rings. The van der Waals surface area contributed by atoms with E-state index in [0.29, 0.717) is 28.3 Å². The number of nitrogens with zero attached hydrogens (tertiary/aromatic N) is 1. The molecule has 2 aromatic carbocycles. The van der Waals surface area contributed by atoms with Crippen molar-refractivity contribution < 1.29 is 14.3 Å².